The molecule has 0 aliphatic heterocycles. The molecule has 9 heavy (non-hydrogen) atoms. The zero-order chi connectivity index (χ0) is 6.69. The number of hydrogen-bond donors (Lipinski definition) is 1. The summed E-state index contributed by atoms with van der Waals surface area (Å²) >= 11 is 4.68. The number of rotatable bonds is 2. The van der Waals surface area contributed by atoms with Gasteiger partial charge in [0.25, 0.3) is 0 Å². The molecule has 0 aliphatic rings. The Morgan fingerprint density at radius 3 is 3.00 bits per heavy atom. The number of halogens is 1. The summed E-state index contributed by atoms with van der Waals surface area (Å²) in [5, 5.41) is 6.85. The minimum absolute atomic E-state index is 0.775. The second-order valence-electron chi connectivity index (χ2n) is 1.52. The van der Waals surface area contributed by atoms with Crippen LogP contribution in [-0.4, -0.2) is 16.6 Å². The van der Waals surface area contributed by atoms with Crippen LogP contribution in [0.15, 0.2) is 3.79 Å². The Morgan fingerprint density at radius 1 is 1.78 bits per heavy atom. The maximum atomic E-state index is 3.86. The second-order valence-corrected chi connectivity index (χ2v) is 3.60. The molecule has 1 heterocycles. The molecule has 3 nitrogen and oxygen atoms in total. The average Bonchev–Trinajstić information content (AvgIpc) is 2.18. The van der Waals surface area contributed by atoms with Crippen molar-refractivity contribution in [1.82, 2.24) is 14.9 Å². The first-order valence-electron chi connectivity index (χ1n) is 2.46. The quantitative estimate of drug-likeness (QED) is 0.788. The Balaban J connectivity index is 2.69. The zero-order valence-corrected chi connectivity index (χ0v) is 7.29. The van der Waals surface area contributed by atoms with E-state index < -0.39 is 0 Å². The Hall–Kier alpha value is -0.000000000000000111. The van der Waals surface area contributed by atoms with Gasteiger partial charge in [0.15, 0.2) is 0 Å². The maximum absolute atomic E-state index is 3.86. The topological polar surface area (TPSA) is 37.8 Å². The van der Waals surface area contributed by atoms with Crippen LogP contribution in [0.3, 0.4) is 0 Å². The highest BCUT2D eigenvalue weighted by Gasteiger charge is 2.00. The highest BCUT2D eigenvalue weighted by Crippen LogP contribution is 2.17. The van der Waals surface area contributed by atoms with E-state index >= 15 is 0 Å². The molecule has 0 atom stereocenters. The van der Waals surface area contributed by atoms with Crippen molar-refractivity contribution in [2.75, 3.05) is 7.05 Å². The fourth-order valence-corrected chi connectivity index (χ4v) is 1.31. The van der Waals surface area contributed by atoms with Crippen molar-refractivity contribution in [3.63, 3.8) is 0 Å². The summed E-state index contributed by atoms with van der Waals surface area (Å²) in [5.41, 5.74) is 0.975. The summed E-state index contributed by atoms with van der Waals surface area (Å²) in [7, 11) is 1.88. The van der Waals surface area contributed by atoms with E-state index in [0.29, 0.717) is 0 Å². The van der Waals surface area contributed by atoms with Crippen LogP contribution >= 0.6 is 27.5 Å². The van der Waals surface area contributed by atoms with Crippen LogP contribution in [0.4, 0.5) is 0 Å². The standard InChI is InChI=1S/C4H6BrN3S/c1-6-2-3-4(5)9-8-7-3/h6H,2H2,1H3. The van der Waals surface area contributed by atoms with Crippen molar-refractivity contribution >= 4 is 27.5 Å². The van der Waals surface area contributed by atoms with Crippen molar-refractivity contribution in [1.29, 1.82) is 0 Å². The van der Waals surface area contributed by atoms with E-state index in [1.165, 1.54) is 11.5 Å². The second kappa shape index (κ2) is 3.24. The minimum atomic E-state index is 0.775. The van der Waals surface area contributed by atoms with Gasteiger partial charge >= 0.3 is 0 Å². The van der Waals surface area contributed by atoms with E-state index in [9.17, 15) is 0 Å². The van der Waals surface area contributed by atoms with Crippen molar-refractivity contribution in [3.05, 3.63) is 9.48 Å². The summed E-state index contributed by atoms with van der Waals surface area (Å²) in [6, 6.07) is 0. The Kier molecular flexibility index (Phi) is 2.56. The predicted molar refractivity (Wildman–Crippen MR) is 40.4 cm³/mol. The van der Waals surface area contributed by atoms with Crippen LogP contribution < -0.4 is 5.32 Å². The van der Waals surface area contributed by atoms with Gasteiger partial charge in [-0.2, -0.15) is 0 Å². The summed E-state index contributed by atoms with van der Waals surface area (Å²) in [6.45, 7) is 0.775. The van der Waals surface area contributed by atoms with Gasteiger partial charge in [-0.15, -0.1) is 5.10 Å². The van der Waals surface area contributed by atoms with Crippen LogP contribution in [0, 0.1) is 0 Å². The van der Waals surface area contributed by atoms with E-state index in [1.54, 1.807) is 0 Å². The minimum Gasteiger partial charge on any atom is -0.314 e. The highest BCUT2D eigenvalue weighted by molar-refractivity contribution is 9.11. The van der Waals surface area contributed by atoms with Crippen molar-refractivity contribution in [2.45, 2.75) is 6.54 Å². The number of nitrogens with zero attached hydrogens (tertiary/aromatic N) is 2. The maximum Gasteiger partial charge on any atom is 0.115 e. The molecule has 1 N–H and O–H groups in total. The highest BCUT2D eigenvalue weighted by atomic mass is 79.9. The molecule has 0 fully saturated rings. The van der Waals surface area contributed by atoms with Crippen molar-refractivity contribution in [3.8, 4) is 0 Å². The van der Waals surface area contributed by atoms with Crippen LogP contribution in [0.1, 0.15) is 5.69 Å². The van der Waals surface area contributed by atoms with Crippen molar-refractivity contribution in [2.24, 2.45) is 0 Å². The lowest BCUT2D eigenvalue weighted by Gasteiger charge is -1.90. The molecule has 50 valence electrons. The molecule has 1 aromatic rings. The van der Waals surface area contributed by atoms with Crippen molar-refractivity contribution < 1.29 is 0 Å². The first-order chi connectivity index (χ1) is 4.34. The lowest BCUT2D eigenvalue weighted by atomic mass is 10.5. The molecule has 0 spiro atoms. The van der Waals surface area contributed by atoms with Gasteiger partial charge in [0, 0.05) is 6.54 Å². The third-order valence-corrected chi connectivity index (χ3v) is 2.30. The van der Waals surface area contributed by atoms with Gasteiger partial charge in [0.05, 0.1) is 0 Å². The van der Waals surface area contributed by atoms with Crippen LogP contribution in [0.5, 0.6) is 0 Å². The lowest BCUT2D eigenvalue weighted by molar-refractivity contribution is 0.782. The number of nitrogens with one attached hydrogen (secondary N) is 1. The Labute approximate surface area is 65.8 Å². The lowest BCUT2D eigenvalue weighted by Crippen LogP contribution is -2.05. The monoisotopic (exact) mass is 207 g/mol. The Morgan fingerprint density at radius 2 is 2.56 bits per heavy atom. The fourth-order valence-electron chi connectivity index (χ4n) is 0.470. The molecule has 0 amide bonds. The predicted octanol–water partition coefficient (Wildman–Crippen LogP) is 1.02. The Bertz CT molecular complexity index is 188. The molecule has 0 unspecified atom stereocenters. The molecular weight excluding hydrogens is 202 g/mol. The van der Waals surface area contributed by atoms with E-state index in [2.05, 4.69) is 30.8 Å². The van der Waals surface area contributed by atoms with Gasteiger partial charge in [0.2, 0.25) is 0 Å². The third-order valence-electron chi connectivity index (χ3n) is 0.854. The number of hydrogen-bond acceptors (Lipinski definition) is 4. The molecule has 0 saturated carbocycles. The van der Waals surface area contributed by atoms with E-state index in [1.807, 2.05) is 7.05 Å². The van der Waals surface area contributed by atoms with Gasteiger partial charge in [-0.25, -0.2) is 0 Å². The SMILES string of the molecule is CNCc1nnsc1Br. The summed E-state index contributed by atoms with van der Waals surface area (Å²) in [5.74, 6) is 0. The van der Waals surface area contributed by atoms with Gasteiger partial charge in [0.1, 0.15) is 9.48 Å². The summed E-state index contributed by atoms with van der Waals surface area (Å²) in [6.07, 6.45) is 0. The molecule has 0 aromatic carbocycles. The van der Waals surface area contributed by atoms with Gasteiger partial charge in [-0.3, -0.25) is 0 Å². The van der Waals surface area contributed by atoms with E-state index in [-0.39, 0.29) is 0 Å². The first-order valence-corrected chi connectivity index (χ1v) is 4.02. The summed E-state index contributed by atoms with van der Waals surface area (Å²) in [4.78, 5) is 0. The van der Waals surface area contributed by atoms with Gasteiger partial charge in [-0.05, 0) is 34.5 Å². The fraction of sp³-hybridized carbons (Fsp3) is 0.500. The normalized spacial score (nSPS) is 10.0. The van der Waals surface area contributed by atoms with Crippen LogP contribution in [0.25, 0.3) is 0 Å². The molecule has 5 heteroatoms. The molecule has 1 aromatic heterocycles. The third kappa shape index (κ3) is 1.70. The first kappa shape index (κ1) is 7.11. The molecular formula is C4H6BrN3S. The average molecular weight is 208 g/mol. The number of aromatic nitrogens is 2. The molecule has 0 radical (unpaired) electrons. The van der Waals surface area contributed by atoms with Gasteiger partial charge in [-0.1, -0.05) is 4.49 Å². The van der Waals surface area contributed by atoms with E-state index in [0.717, 1.165) is 16.0 Å². The molecule has 0 bridgehead atoms. The summed E-state index contributed by atoms with van der Waals surface area (Å²) < 4.78 is 4.76. The van der Waals surface area contributed by atoms with E-state index in [4.69, 9.17) is 0 Å². The van der Waals surface area contributed by atoms with Crippen LogP contribution in [0.2, 0.25) is 0 Å². The smallest absolute Gasteiger partial charge is 0.115 e. The zero-order valence-electron chi connectivity index (χ0n) is 4.89. The molecule has 1 rings (SSSR count). The molecule has 0 saturated heterocycles. The van der Waals surface area contributed by atoms with Crippen LogP contribution in [-0.2, 0) is 6.54 Å². The van der Waals surface area contributed by atoms with Gasteiger partial charge < -0.3 is 5.32 Å². The molecule has 0 aliphatic carbocycles. The largest absolute Gasteiger partial charge is 0.314 e.